The lowest BCUT2D eigenvalue weighted by molar-refractivity contribution is 0.142. The Morgan fingerprint density at radius 1 is 1.31 bits per heavy atom. The lowest BCUT2D eigenvalue weighted by atomic mass is 9.78. The molecule has 146 valence electrons. The number of piperidine rings is 1. The molecule has 1 heterocycles. The number of benzene rings is 1. The number of hydrogen-bond donors (Lipinski definition) is 2. The summed E-state index contributed by atoms with van der Waals surface area (Å²) in [6.07, 6.45) is 4.91. The van der Waals surface area contributed by atoms with Crippen LogP contribution >= 0.6 is 0 Å². The van der Waals surface area contributed by atoms with Crippen LogP contribution in [0.2, 0.25) is 0 Å². The monoisotopic (exact) mass is 380 g/mol. The third kappa shape index (κ3) is 5.20. The molecule has 7 heteroatoms. The molecular weight excluding hydrogens is 348 g/mol. The molecule has 0 saturated carbocycles. The minimum Gasteiger partial charge on any atom is -0.352 e. The van der Waals surface area contributed by atoms with Gasteiger partial charge in [0, 0.05) is 26.7 Å². The van der Waals surface area contributed by atoms with E-state index in [0.29, 0.717) is 12.0 Å². The Kier molecular flexibility index (Phi) is 7.06. The van der Waals surface area contributed by atoms with Crippen LogP contribution in [0.1, 0.15) is 45.1 Å². The fraction of sp³-hybridized carbons (Fsp3) is 0.632. The van der Waals surface area contributed by atoms with E-state index in [9.17, 15) is 8.42 Å². The summed E-state index contributed by atoms with van der Waals surface area (Å²) in [7, 11) is -0.156. The molecule has 0 spiro atoms. The summed E-state index contributed by atoms with van der Waals surface area (Å²) < 4.78 is 25.9. The number of rotatable bonds is 6. The van der Waals surface area contributed by atoms with Crippen molar-refractivity contribution in [3.8, 4) is 0 Å². The maximum atomic E-state index is 11.8. The average molecular weight is 381 g/mol. The van der Waals surface area contributed by atoms with Gasteiger partial charge in [-0.1, -0.05) is 32.4 Å². The first-order valence-corrected chi connectivity index (χ1v) is 10.8. The third-order valence-corrected chi connectivity index (χ3v) is 6.53. The lowest BCUT2D eigenvalue weighted by Crippen LogP contribution is -2.49. The fourth-order valence-electron chi connectivity index (χ4n) is 3.72. The molecular formula is C19H32N4O2S. The van der Waals surface area contributed by atoms with Crippen molar-refractivity contribution in [2.45, 2.75) is 51.0 Å². The Hall–Kier alpha value is -1.60. The molecule has 0 aliphatic carbocycles. The molecule has 1 aromatic rings. The third-order valence-electron chi connectivity index (χ3n) is 5.10. The zero-order valence-corrected chi connectivity index (χ0v) is 17.2. The Balaban J connectivity index is 1.99. The molecule has 26 heavy (non-hydrogen) atoms. The second-order valence-corrected chi connectivity index (χ2v) is 9.22. The second kappa shape index (κ2) is 8.86. The molecule has 2 N–H and O–H groups in total. The van der Waals surface area contributed by atoms with Gasteiger partial charge in [0.05, 0.1) is 4.90 Å². The molecule has 1 fully saturated rings. The van der Waals surface area contributed by atoms with Crippen molar-refractivity contribution < 1.29 is 8.42 Å². The summed E-state index contributed by atoms with van der Waals surface area (Å²) in [5.74, 6) is 0.916. The minimum atomic E-state index is -3.39. The molecule has 0 radical (unpaired) electrons. The molecule has 1 atom stereocenters. The molecule has 0 aromatic heterocycles. The predicted molar refractivity (Wildman–Crippen MR) is 107 cm³/mol. The summed E-state index contributed by atoms with van der Waals surface area (Å²) in [4.78, 5) is 7.07. The number of nitrogens with one attached hydrogen (secondary N) is 2. The quantitative estimate of drug-likeness (QED) is 0.588. The topological polar surface area (TPSA) is 73.8 Å². The molecule has 1 aliphatic heterocycles. The SMILES string of the molecule is CCCC1(C)CCCN(C(=NC)NCc2ccc(S(=O)(=O)NC)cc2)C1. The van der Waals surface area contributed by atoms with E-state index < -0.39 is 10.0 Å². The average Bonchev–Trinajstić information content (AvgIpc) is 2.62. The second-order valence-electron chi connectivity index (χ2n) is 7.34. The van der Waals surface area contributed by atoms with Gasteiger partial charge in [-0.15, -0.1) is 0 Å². The highest BCUT2D eigenvalue weighted by molar-refractivity contribution is 7.89. The van der Waals surface area contributed by atoms with E-state index in [1.807, 2.05) is 19.2 Å². The van der Waals surface area contributed by atoms with E-state index in [4.69, 9.17) is 0 Å². The number of likely N-dealkylation sites (tertiary alicyclic amines) is 1. The number of nitrogens with zero attached hydrogens (tertiary/aromatic N) is 2. The van der Waals surface area contributed by atoms with Crippen molar-refractivity contribution in [1.82, 2.24) is 14.9 Å². The van der Waals surface area contributed by atoms with Gasteiger partial charge in [-0.25, -0.2) is 13.1 Å². The highest BCUT2D eigenvalue weighted by atomic mass is 32.2. The van der Waals surface area contributed by atoms with Crippen LogP contribution in [0.25, 0.3) is 0 Å². The first-order valence-electron chi connectivity index (χ1n) is 9.31. The van der Waals surface area contributed by atoms with E-state index >= 15 is 0 Å². The Morgan fingerprint density at radius 3 is 2.58 bits per heavy atom. The van der Waals surface area contributed by atoms with Crippen LogP contribution in [0.3, 0.4) is 0 Å². The number of aliphatic imine (C=N–C) groups is 1. The maximum absolute atomic E-state index is 11.8. The van der Waals surface area contributed by atoms with Crippen LogP contribution < -0.4 is 10.0 Å². The highest BCUT2D eigenvalue weighted by Crippen LogP contribution is 2.33. The molecule has 0 amide bonds. The molecule has 1 unspecified atom stereocenters. The summed E-state index contributed by atoms with van der Waals surface area (Å²) in [6, 6.07) is 6.93. The van der Waals surface area contributed by atoms with E-state index in [-0.39, 0.29) is 4.90 Å². The van der Waals surface area contributed by atoms with Gasteiger partial charge >= 0.3 is 0 Å². The van der Waals surface area contributed by atoms with Crippen molar-refractivity contribution in [1.29, 1.82) is 0 Å². The molecule has 1 saturated heterocycles. The zero-order valence-electron chi connectivity index (χ0n) is 16.4. The van der Waals surface area contributed by atoms with Crippen LogP contribution in [-0.4, -0.2) is 46.5 Å². The molecule has 2 rings (SSSR count). The van der Waals surface area contributed by atoms with Gasteiger partial charge in [0.1, 0.15) is 0 Å². The smallest absolute Gasteiger partial charge is 0.240 e. The van der Waals surface area contributed by atoms with Gasteiger partial charge < -0.3 is 10.2 Å². The lowest BCUT2D eigenvalue weighted by Gasteiger charge is -2.42. The van der Waals surface area contributed by atoms with Gasteiger partial charge in [0.15, 0.2) is 5.96 Å². The fourth-order valence-corrected chi connectivity index (χ4v) is 4.45. The summed E-state index contributed by atoms with van der Waals surface area (Å²) >= 11 is 0. The largest absolute Gasteiger partial charge is 0.352 e. The minimum absolute atomic E-state index is 0.277. The summed E-state index contributed by atoms with van der Waals surface area (Å²) in [5, 5.41) is 3.42. The van der Waals surface area contributed by atoms with E-state index in [1.54, 1.807) is 12.1 Å². The van der Waals surface area contributed by atoms with Gasteiger partial charge in [-0.2, -0.15) is 0 Å². The molecule has 1 aromatic carbocycles. The first-order chi connectivity index (χ1) is 12.3. The zero-order chi connectivity index (χ0) is 19.2. The number of guanidine groups is 1. The normalized spacial score (nSPS) is 21.7. The van der Waals surface area contributed by atoms with E-state index in [0.717, 1.165) is 24.6 Å². The van der Waals surface area contributed by atoms with E-state index in [1.165, 1.54) is 32.7 Å². The van der Waals surface area contributed by atoms with Gasteiger partial charge in [0.2, 0.25) is 10.0 Å². The van der Waals surface area contributed by atoms with Crippen LogP contribution in [-0.2, 0) is 16.6 Å². The van der Waals surface area contributed by atoms with Crippen LogP contribution in [0.15, 0.2) is 34.2 Å². The highest BCUT2D eigenvalue weighted by Gasteiger charge is 2.31. The molecule has 1 aliphatic rings. The van der Waals surface area contributed by atoms with Crippen LogP contribution in [0, 0.1) is 5.41 Å². The molecule has 6 nitrogen and oxygen atoms in total. The van der Waals surface area contributed by atoms with Crippen molar-refractivity contribution >= 4 is 16.0 Å². The Labute approximate surface area is 158 Å². The first kappa shape index (κ1) is 20.7. The van der Waals surface area contributed by atoms with Gasteiger partial charge in [-0.05, 0) is 49.4 Å². The number of sulfonamides is 1. The van der Waals surface area contributed by atoms with Crippen molar-refractivity contribution in [2.75, 3.05) is 27.2 Å². The number of hydrogen-bond acceptors (Lipinski definition) is 3. The van der Waals surface area contributed by atoms with E-state index in [2.05, 4.69) is 33.8 Å². The van der Waals surface area contributed by atoms with Gasteiger partial charge in [0.25, 0.3) is 0 Å². The van der Waals surface area contributed by atoms with Crippen molar-refractivity contribution in [3.05, 3.63) is 29.8 Å². The van der Waals surface area contributed by atoms with Crippen molar-refractivity contribution in [2.24, 2.45) is 10.4 Å². The van der Waals surface area contributed by atoms with Gasteiger partial charge in [-0.3, -0.25) is 4.99 Å². The molecule has 0 bridgehead atoms. The predicted octanol–water partition coefficient (Wildman–Crippen LogP) is 2.57. The summed E-state index contributed by atoms with van der Waals surface area (Å²) in [5.41, 5.74) is 1.38. The van der Waals surface area contributed by atoms with Crippen LogP contribution in [0.4, 0.5) is 0 Å². The Bertz CT molecular complexity index is 712. The van der Waals surface area contributed by atoms with Crippen molar-refractivity contribution in [3.63, 3.8) is 0 Å². The standard InChI is InChI=1S/C19H32N4O2S/c1-5-11-19(2)12-6-13-23(15-19)18(20-3)22-14-16-7-9-17(10-8-16)26(24,25)21-4/h7-10,21H,5-6,11-15H2,1-4H3,(H,20,22). The maximum Gasteiger partial charge on any atom is 0.240 e. The Morgan fingerprint density at radius 2 is 2.00 bits per heavy atom. The summed E-state index contributed by atoms with van der Waals surface area (Å²) in [6.45, 7) is 7.29. The van der Waals surface area contributed by atoms with Crippen LogP contribution in [0.5, 0.6) is 0 Å².